The number of rotatable bonds is 2. The molecule has 0 aliphatic heterocycles. The van der Waals surface area contributed by atoms with Crippen molar-refractivity contribution >= 4 is 6.29 Å². The number of aldehydes is 1. The van der Waals surface area contributed by atoms with E-state index in [4.69, 9.17) is 4.42 Å². The highest BCUT2D eigenvalue weighted by molar-refractivity contribution is 5.82. The summed E-state index contributed by atoms with van der Waals surface area (Å²) in [5, 5.41) is 0. The lowest BCUT2D eigenvalue weighted by Crippen LogP contribution is -1.94. The van der Waals surface area contributed by atoms with E-state index in [0.29, 0.717) is 23.4 Å². The maximum absolute atomic E-state index is 10.8. The van der Waals surface area contributed by atoms with Crippen molar-refractivity contribution in [2.45, 2.75) is 13.8 Å². The Balaban J connectivity index is 2.57. The maximum atomic E-state index is 10.8. The topological polar surface area (TPSA) is 56.0 Å². The predicted octanol–water partition coefficient (Wildman–Crippen LogP) is 2.17. The second-order valence-corrected chi connectivity index (χ2v) is 3.30. The first-order valence-electron chi connectivity index (χ1n) is 4.56. The van der Waals surface area contributed by atoms with Crippen LogP contribution in [0.3, 0.4) is 0 Å². The number of carbonyl (C=O) groups excluding carboxylic acids is 1. The third kappa shape index (κ3) is 1.79. The Morgan fingerprint density at radius 1 is 1.20 bits per heavy atom. The van der Waals surface area contributed by atoms with Crippen LogP contribution in [0.4, 0.5) is 0 Å². The molecule has 0 N–H and O–H groups in total. The van der Waals surface area contributed by atoms with Gasteiger partial charge in [0.05, 0.1) is 11.3 Å². The zero-order chi connectivity index (χ0) is 10.8. The Morgan fingerprint density at radius 2 is 2.00 bits per heavy atom. The summed E-state index contributed by atoms with van der Waals surface area (Å²) in [5.74, 6) is 0.433. The first-order valence-corrected chi connectivity index (χ1v) is 4.56. The Labute approximate surface area is 87.0 Å². The fourth-order valence-corrected chi connectivity index (χ4v) is 1.33. The van der Waals surface area contributed by atoms with Crippen LogP contribution in [0.2, 0.25) is 0 Å². The molecule has 0 spiro atoms. The number of aromatic nitrogens is 2. The molecule has 0 amide bonds. The monoisotopic (exact) mass is 202 g/mol. The van der Waals surface area contributed by atoms with Crippen LogP contribution in [0, 0.1) is 13.8 Å². The molecule has 2 heterocycles. The van der Waals surface area contributed by atoms with E-state index in [1.165, 1.54) is 0 Å². The number of carbonyl (C=O) groups is 1. The quantitative estimate of drug-likeness (QED) is 0.700. The first kappa shape index (κ1) is 9.58. The second kappa shape index (κ2) is 3.65. The summed E-state index contributed by atoms with van der Waals surface area (Å²) in [6, 6.07) is 3.61. The maximum Gasteiger partial charge on any atom is 0.228 e. The van der Waals surface area contributed by atoms with E-state index in [9.17, 15) is 4.79 Å². The lowest BCUT2D eigenvalue weighted by Gasteiger charge is -1.99. The van der Waals surface area contributed by atoms with Crippen molar-refractivity contribution in [3.63, 3.8) is 0 Å². The summed E-state index contributed by atoms with van der Waals surface area (Å²) in [6.45, 7) is 3.66. The standard InChI is InChI=1S/C11H10N2O2/c1-7-3-4-9(10(5-14)12-7)11-13-8(2)6-15-11/h3-6H,1-2H3. The molecule has 0 unspecified atom stereocenters. The van der Waals surface area contributed by atoms with Gasteiger partial charge in [0, 0.05) is 5.69 Å². The van der Waals surface area contributed by atoms with Crippen molar-refractivity contribution in [3.8, 4) is 11.5 Å². The Bertz CT molecular complexity index is 503. The van der Waals surface area contributed by atoms with E-state index in [-0.39, 0.29) is 0 Å². The van der Waals surface area contributed by atoms with Gasteiger partial charge in [-0.2, -0.15) is 0 Å². The van der Waals surface area contributed by atoms with Crippen LogP contribution < -0.4 is 0 Å². The van der Waals surface area contributed by atoms with Crippen LogP contribution in [0.1, 0.15) is 21.9 Å². The van der Waals surface area contributed by atoms with Gasteiger partial charge >= 0.3 is 0 Å². The highest BCUT2D eigenvalue weighted by Crippen LogP contribution is 2.20. The minimum absolute atomic E-state index is 0.358. The van der Waals surface area contributed by atoms with Gasteiger partial charge in [-0.25, -0.2) is 9.97 Å². The molecule has 0 aliphatic carbocycles. The highest BCUT2D eigenvalue weighted by Gasteiger charge is 2.10. The van der Waals surface area contributed by atoms with Crippen LogP contribution in [0.15, 0.2) is 22.8 Å². The van der Waals surface area contributed by atoms with Gasteiger partial charge < -0.3 is 4.42 Å². The normalized spacial score (nSPS) is 10.3. The van der Waals surface area contributed by atoms with Gasteiger partial charge in [0.15, 0.2) is 6.29 Å². The van der Waals surface area contributed by atoms with Crippen molar-refractivity contribution in [3.05, 3.63) is 35.5 Å². The molecule has 2 aromatic rings. The second-order valence-electron chi connectivity index (χ2n) is 3.30. The van der Waals surface area contributed by atoms with Crippen LogP contribution in [0.25, 0.3) is 11.5 Å². The summed E-state index contributed by atoms with van der Waals surface area (Å²) >= 11 is 0. The minimum atomic E-state index is 0.358. The molecular weight excluding hydrogens is 192 g/mol. The van der Waals surface area contributed by atoms with Gasteiger partial charge in [0.25, 0.3) is 0 Å². The molecule has 0 bridgehead atoms. The number of hydrogen-bond donors (Lipinski definition) is 0. The van der Waals surface area contributed by atoms with Gasteiger partial charge in [-0.15, -0.1) is 0 Å². The Morgan fingerprint density at radius 3 is 2.60 bits per heavy atom. The van der Waals surface area contributed by atoms with Gasteiger partial charge in [-0.05, 0) is 26.0 Å². The van der Waals surface area contributed by atoms with E-state index in [0.717, 1.165) is 11.4 Å². The van der Waals surface area contributed by atoms with Crippen LogP contribution in [-0.2, 0) is 0 Å². The smallest absolute Gasteiger partial charge is 0.228 e. The highest BCUT2D eigenvalue weighted by atomic mass is 16.3. The lowest BCUT2D eigenvalue weighted by molar-refractivity contribution is 0.111. The largest absolute Gasteiger partial charge is 0.444 e. The van der Waals surface area contributed by atoms with Crippen molar-refractivity contribution in [2.75, 3.05) is 0 Å². The summed E-state index contributed by atoms with van der Waals surface area (Å²) < 4.78 is 5.22. The van der Waals surface area contributed by atoms with Crippen molar-refractivity contribution < 1.29 is 9.21 Å². The summed E-state index contributed by atoms with van der Waals surface area (Å²) in [5.41, 5.74) is 2.56. The van der Waals surface area contributed by atoms with Gasteiger partial charge in [-0.3, -0.25) is 4.79 Å². The zero-order valence-corrected chi connectivity index (χ0v) is 8.52. The molecule has 2 aromatic heterocycles. The average Bonchev–Trinajstić information content (AvgIpc) is 2.64. The molecule has 0 fully saturated rings. The van der Waals surface area contributed by atoms with Crippen molar-refractivity contribution in [2.24, 2.45) is 0 Å². The number of hydrogen-bond acceptors (Lipinski definition) is 4. The molecular formula is C11H10N2O2. The SMILES string of the molecule is Cc1coc(-c2ccc(C)nc2C=O)n1. The molecule has 0 radical (unpaired) electrons. The molecule has 15 heavy (non-hydrogen) atoms. The molecule has 0 atom stereocenters. The predicted molar refractivity (Wildman–Crippen MR) is 54.6 cm³/mol. The Hall–Kier alpha value is -1.97. The summed E-state index contributed by atoms with van der Waals surface area (Å²) in [7, 11) is 0. The molecule has 0 saturated carbocycles. The van der Waals surface area contributed by atoms with Crippen LogP contribution >= 0.6 is 0 Å². The van der Waals surface area contributed by atoms with E-state index in [2.05, 4.69) is 9.97 Å². The lowest BCUT2D eigenvalue weighted by atomic mass is 10.2. The number of pyridine rings is 1. The molecule has 4 nitrogen and oxygen atoms in total. The molecule has 2 rings (SSSR count). The fraction of sp³-hybridized carbons (Fsp3) is 0.182. The first-order chi connectivity index (χ1) is 7.20. The number of aryl methyl sites for hydroxylation is 2. The third-order valence-electron chi connectivity index (χ3n) is 2.03. The van der Waals surface area contributed by atoms with E-state index >= 15 is 0 Å². The fourth-order valence-electron chi connectivity index (χ4n) is 1.33. The molecule has 0 aliphatic rings. The number of nitrogens with zero attached hydrogens (tertiary/aromatic N) is 2. The van der Waals surface area contributed by atoms with E-state index < -0.39 is 0 Å². The minimum Gasteiger partial charge on any atom is -0.444 e. The number of oxazole rings is 1. The average molecular weight is 202 g/mol. The van der Waals surface area contributed by atoms with E-state index in [1.807, 2.05) is 19.9 Å². The summed E-state index contributed by atoms with van der Waals surface area (Å²) in [6.07, 6.45) is 2.26. The van der Waals surface area contributed by atoms with Gasteiger partial charge in [0.2, 0.25) is 5.89 Å². The van der Waals surface area contributed by atoms with Gasteiger partial charge in [-0.1, -0.05) is 0 Å². The molecule has 76 valence electrons. The van der Waals surface area contributed by atoms with E-state index in [1.54, 1.807) is 12.3 Å². The summed E-state index contributed by atoms with van der Waals surface area (Å²) in [4.78, 5) is 19.1. The molecule has 0 saturated heterocycles. The molecule has 0 aromatic carbocycles. The van der Waals surface area contributed by atoms with Crippen molar-refractivity contribution in [1.29, 1.82) is 0 Å². The zero-order valence-electron chi connectivity index (χ0n) is 8.52. The Kier molecular flexibility index (Phi) is 2.33. The van der Waals surface area contributed by atoms with Gasteiger partial charge in [0.1, 0.15) is 12.0 Å². The third-order valence-corrected chi connectivity index (χ3v) is 2.03. The molecule has 4 heteroatoms. The van der Waals surface area contributed by atoms with Crippen LogP contribution in [0.5, 0.6) is 0 Å². The van der Waals surface area contributed by atoms with Crippen LogP contribution in [-0.4, -0.2) is 16.3 Å². The van der Waals surface area contributed by atoms with Crippen molar-refractivity contribution in [1.82, 2.24) is 9.97 Å².